The van der Waals surface area contributed by atoms with Crippen LogP contribution in [0.3, 0.4) is 0 Å². The number of nitrogens with zero attached hydrogens (tertiary/aromatic N) is 3. The average Bonchev–Trinajstić information content (AvgIpc) is 3.14. The summed E-state index contributed by atoms with van der Waals surface area (Å²) in [6.07, 6.45) is 2.23. The first-order valence-electron chi connectivity index (χ1n) is 10.7. The molecular formula is C23H26N6O3S. The van der Waals surface area contributed by atoms with E-state index in [1.165, 1.54) is 11.3 Å². The van der Waals surface area contributed by atoms with Gasteiger partial charge in [0, 0.05) is 18.7 Å². The number of rotatable bonds is 6. The van der Waals surface area contributed by atoms with E-state index in [-0.39, 0.29) is 11.9 Å². The van der Waals surface area contributed by atoms with Gasteiger partial charge >= 0.3 is 6.03 Å². The van der Waals surface area contributed by atoms with Crippen LogP contribution in [0.4, 0.5) is 15.6 Å². The van der Waals surface area contributed by atoms with Gasteiger partial charge in [0.1, 0.15) is 13.1 Å². The molecule has 1 aliphatic heterocycles. The van der Waals surface area contributed by atoms with Gasteiger partial charge in [0.2, 0.25) is 0 Å². The topological polar surface area (TPSA) is 119 Å². The van der Waals surface area contributed by atoms with Crippen molar-refractivity contribution in [3.63, 3.8) is 0 Å². The Morgan fingerprint density at radius 2 is 1.94 bits per heavy atom. The first-order chi connectivity index (χ1) is 15.8. The van der Waals surface area contributed by atoms with Crippen molar-refractivity contribution in [3.05, 3.63) is 75.7 Å². The van der Waals surface area contributed by atoms with Crippen molar-refractivity contribution in [1.82, 2.24) is 15.3 Å². The molecule has 1 aromatic carbocycles. The van der Waals surface area contributed by atoms with Crippen LogP contribution in [0.5, 0.6) is 0 Å². The maximum atomic E-state index is 13.2. The highest BCUT2D eigenvalue weighted by Crippen LogP contribution is 2.32. The number of anilines is 2. The van der Waals surface area contributed by atoms with Crippen LogP contribution in [0.1, 0.15) is 40.5 Å². The summed E-state index contributed by atoms with van der Waals surface area (Å²) < 4.78 is -0.393. The maximum absolute atomic E-state index is 13.2. The van der Waals surface area contributed by atoms with E-state index < -0.39 is 10.7 Å². The molecule has 3 amide bonds. The molecule has 1 unspecified atom stereocenters. The van der Waals surface area contributed by atoms with Crippen LogP contribution in [0.25, 0.3) is 0 Å². The number of aromatic nitrogens is 2. The predicted molar refractivity (Wildman–Crippen MR) is 128 cm³/mol. The highest BCUT2D eigenvalue weighted by Gasteiger charge is 2.29. The lowest BCUT2D eigenvalue weighted by Crippen LogP contribution is -2.45. The number of pyridine rings is 1. The van der Waals surface area contributed by atoms with E-state index in [2.05, 4.69) is 25.9 Å². The number of thiazole rings is 1. The van der Waals surface area contributed by atoms with Crippen molar-refractivity contribution in [1.29, 1.82) is 0 Å². The summed E-state index contributed by atoms with van der Waals surface area (Å²) in [4.78, 5) is 34.7. The molecule has 172 valence electrons. The van der Waals surface area contributed by atoms with Gasteiger partial charge in [-0.15, -0.1) is 0 Å². The van der Waals surface area contributed by atoms with E-state index in [9.17, 15) is 14.8 Å². The minimum atomic E-state index is -0.498. The number of nitrogens with one attached hydrogen (secondary N) is 3. The van der Waals surface area contributed by atoms with Crippen LogP contribution in [0, 0.1) is 5.21 Å². The lowest BCUT2D eigenvalue weighted by molar-refractivity contribution is -0.909. The van der Waals surface area contributed by atoms with Gasteiger partial charge in [-0.25, -0.2) is 9.78 Å². The SMILES string of the molecule is CC(C)NC(=O)c1ccccc1NC(=O)Nc1nc2c(s1)C[N+]([O-])(Cc1ccccn1)CC2. The molecule has 33 heavy (non-hydrogen) atoms. The van der Waals surface area contributed by atoms with E-state index in [1.807, 2.05) is 32.0 Å². The first-order valence-corrected chi connectivity index (χ1v) is 11.6. The smallest absolute Gasteiger partial charge is 0.325 e. The van der Waals surface area contributed by atoms with Gasteiger partial charge in [0.15, 0.2) is 5.13 Å². The number of urea groups is 1. The Morgan fingerprint density at radius 1 is 1.15 bits per heavy atom. The second-order valence-corrected chi connectivity index (χ2v) is 9.39. The molecule has 2 aromatic heterocycles. The standard InChI is InChI=1S/C23H26N6O3S/c1-15(2)25-21(30)17-8-3-4-9-18(17)26-22(31)28-23-27-19-10-12-29(32,14-20(19)33-23)13-16-7-5-6-11-24-16/h3-9,11,15H,10,12-14H2,1-2H3,(H,25,30)(H2,26,27,28,31). The van der Waals surface area contributed by atoms with Crippen LogP contribution in [0.15, 0.2) is 48.7 Å². The lowest BCUT2D eigenvalue weighted by atomic mass is 10.1. The Morgan fingerprint density at radius 3 is 2.70 bits per heavy atom. The van der Waals surface area contributed by atoms with E-state index >= 15 is 0 Å². The van der Waals surface area contributed by atoms with E-state index in [4.69, 9.17) is 0 Å². The van der Waals surface area contributed by atoms with Crippen molar-refractivity contribution in [2.45, 2.75) is 39.4 Å². The maximum Gasteiger partial charge on any atom is 0.325 e. The summed E-state index contributed by atoms with van der Waals surface area (Å²) in [5.41, 5.74) is 2.39. The number of carbonyl (C=O) groups is 2. The molecule has 3 aromatic rings. The second-order valence-electron chi connectivity index (χ2n) is 8.31. The molecule has 0 saturated carbocycles. The van der Waals surface area contributed by atoms with Crippen LogP contribution in [-0.4, -0.2) is 39.1 Å². The summed E-state index contributed by atoms with van der Waals surface area (Å²) in [5, 5.41) is 22.0. The summed E-state index contributed by atoms with van der Waals surface area (Å²) in [7, 11) is 0. The van der Waals surface area contributed by atoms with Crippen molar-refractivity contribution < 1.29 is 14.2 Å². The van der Waals surface area contributed by atoms with Gasteiger partial charge in [-0.3, -0.25) is 15.1 Å². The Kier molecular flexibility index (Phi) is 6.68. The average molecular weight is 467 g/mol. The first kappa shape index (κ1) is 22.8. The summed E-state index contributed by atoms with van der Waals surface area (Å²) in [5.74, 6) is -0.261. The van der Waals surface area contributed by atoms with E-state index in [1.54, 1.807) is 30.5 Å². The number of benzene rings is 1. The van der Waals surface area contributed by atoms with Crippen LogP contribution in [0.2, 0.25) is 0 Å². The summed E-state index contributed by atoms with van der Waals surface area (Å²) in [6.45, 7) is 4.76. The molecule has 0 bridgehead atoms. The van der Waals surface area contributed by atoms with Gasteiger partial charge in [-0.1, -0.05) is 29.5 Å². The Labute approximate surface area is 196 Å². The second kappa shape index (κ2) is 9.65. The van der Waals surface area contributed by atoms with Crippen molar-refractivity contribution in [2.24, 2.45) is 0 Å². The quantitative estimate of drug-likeness (QED) is 0.376. The third-order valence-electron chi connectivity index (χ3n) is 5.20. The normalized spacial score (nSPS) is 17.3. The fraction of sp³-hybridized carbons (Fsp3) is 0.304. The molecule has 0 radical (unpaired) electrons. The van der Waals surface area contributed by atoms with E-state index in [0.29, 0.717) is 42.4 Å². The van der Waals surface area contributed by atoms with Gasteiger partial charge in [-0.05, 0) is 38.1 Å². The monoisotopic (exact) mass is 466 g/mol. The minimum Gasteiger partial charge on any atom is -0.632 e. The van der Waals surface area contributed by atoms with Gasteiger partial charge in [-0.2, -0.15) is 0 Å². The van der Waals surface area contributed by atoms with E-state index in [0.717, 1.165) is 16.3 Å². The number of hydroxylamine groups is 3. The molecule has 3 heterocycles. The summed E-state index contributed by atoms with van der Waals surface area (Å²) in [6, 6.07) is 11.9. The van der Waals surface area contributed by atoms with Crippen LogP contribution >= 0.6 is 11.3 Å². The zero-order chi connectivity index (χ0) is 23.4. The molecule has 0 aliphatic carbocycles. The molecule has 3 N–H and O–H groups in total. The Bertz CT molecular complexity index is 1150. The number of para-hydroxylation sites is 1. The number of hydrogen-bond donors (Lipinski definition) is 3. The minimum absolute atomic E-state index is 0.0229. The molecule has 9 nitrogen and oxygen atoms in total. The lowest BCUT2D eigenvalue weighted by Gasteiger charge is -2.44. The molecular weight excluding hydrogens is 440 g/mol. The highest BCUT2D eigenvalue weighted by atomic mass is 32.1. The number of quaternary nitrogens is 1. The van der Waals surface area contributed by atoms with Crippen LogP contribution in [-0.2, 0) is 19.5 Å². The molecule has 1 atom stereocenters. The zero-order valence-corrected chi connectivity index (χ0v) is 19.3. The highest BCUT2D eigenvalue weighted by molar-refractivity contribution is 7.15. The fourth-order valence-corrected chi connectivity index (χ4v) is 4.81. The molecule has 1 aliphatic rings. The number of hydrogen-bond acceptors (Lipinski definition) is 6. The molecule has 10 heteroatoms. The van der Waals surface area contributed by atoms with Crippen molar-refractivity contribution in [2.75, 3.05) is 17.2 Å². The fourth-order valence-electron chi connectivity index (χ4n) is 3.71. The Hall–Kier alpha value is -3.34. The largest absolute Gasteiger partial charge is 0.632 e. The van der Waals surface area contributed by atoms with Crippen molar-refractivity contribution >= 4 is 34.1 Å². The third-order valence-corrected chi connectivity index (χ3v) is 6.20. The number of fused-ring (bicyclic) bond motifs is 1. The molecule has 0 saturated heterocycles. The number of carbonyl (C=O) groups excluding carboxylic acids is 2. The van der Waals surface area contributed by atoms with Gasteiger partial charge < -0.3 is 20.5 Å². The molecule has 0 spiro atoms. The Balaban J connectivity index is 1.41. The predicted octanol–water partition coefficient (Wildman–Crippen LogP) is 3.89. The third kappa shape index (κ3) is 5.72. The van der Waals surface area contributed by atoms with Gasteiger partial charge in [0.25, 0.3) is 5.91 Å². The van der Waals surface area contributed by atoms with Crippen LogP contribution < -0.4 is 16.0 Å². The van der Waals surface area contributed by atoms with Crippen molar-refractivity contribution in [3.8, 4) is 0 Å². The van der Waals surface area contributed by atoms with Gasteiger partial charge in [0.05, 0.1) is 34.1 Å². The summed E-state index contributed by atoms with van der Waals surface area (Å²) >= 11 is 1.31. The molecule has 0 fully saturated rings. The zero-order valence-electron chi connectivity index (χ0n) is 18.5. The number of amides is 3. The molecule has 4 rings (SSSR count).